The molecule has 1 atom stereocenters. The first-order valence-corrected chi connectivity index (χ1v) is 10.1. The third kappa shape index (κ3) is 3.90. The summed E-state index contributed by atoms with van der Waals surface area (Å²) >= 11 is 17.8. The van der Waals surface area contributed by atoms with Crippen LogP contribution in [0.3, 0.4) is 0 Å². The Morgan fingerprint density at radius 3 is 2.33 bits per heavy atom. The first-order chi connectivity index (χ1) is 15.6. The standard InChI is InChI=1S/C21H9Cl3F3N5O/c22-15-4-14(5-16(23)19(15)24)20(21(25,26)27)6-17(31-33-20)12-1-2-18(13(3-12)8-29)32-10-11(7-28)9-30-32/h1-6,9-10,31H. The fourth-order valence-corrected chi connectivity index (χ4v) is 3.86. The van der Waals surface area contributed by atoms with Gasteiger partial charge in [-0.15, -0.1) is 0 Å². The van der Waals surface area contributed by atoms with Crippen molar-refractivity contribution in [3.63, 3.8) is 0 Å². The van der Waals surface area contributed by atoms with Crippen molar-refractivity contribution in [3.8, 4) is 17.8 Å². The molecule has 0 saturated heterocycles. The van der Waals surface area contributed by atoms with Crippen molar-refractivity contribution in [1.82, 2.24) is 15.3 Å². The van der Waals surface area contributed by atoms with E-state index in [2.05, 4.69) is 10.6 Å². The van der Waals surface area contributed by atoms with Gasteiger partial charge in [0.15, 0.2) is 0 Å². The number of nitrogens with zero attached hydrogens (tertiary/aromatic N) is 4. The summed E-state index contributed by atoms with van der Waals surface area (Å²) in [5, 5.41) is 22.1. The Kier molecular flexibility index (Phi) is 5.77. The van der Waals surface area contributed by atoms with Gasteiger partial charge in [0.2, 0.25) is 5.60 Å². The Labute approximate surface area is 199 Å². The number of hydrogen-bond acceptors (Lipinski definition) is 5. The Morgan fingerprint density at radius 2 is 1.76 bits per heavy atom. The third-order valence-corrected chi connectivity index (χ3v) is 6.09. The summed E-state index contributed by atoms with van der Waals surface area (Å²) in [5.74, 6) is 0. The van der Waals surface area contributed by atoms with Crippen LogP contribution in [-0.2, 0) is 10.4 Å². The van der Waals surface area contributed by atoms with E-state index in [4.69, 9.17) is 44.9 Å². The van der Waals surface area contributed by atoms with Crippen LogP contribution in [0.2, 0.25) is 15.1 Å². The molecule has 0 fully saturated rings. The number of nitrogens with one attached hydrogen (secondary N) is 1. The van der Waals surface area contributed by atoms with Crippen molar-refractivity contribution in [2.24, 2.45) is 0 Å². The Morgan fingerprint density at radius 1 is 1.06 bits per heavy atom. The lowest BCUT2D eigenvalue weighted by atomic mass is 9.91. The van der Waals surface area contributed by atoms with E-state index in [1.807, 2.05) is 12.1 Å². The molecular weight excluding hydrogens is 502 g/mol. The lowest BCUT2D eigenvalue weighted by Crippen LogP contribution is -2.42. The molecule has 3 aromatic rings. The molecule has 1 aromatic heterocycles. The molecule has 6 nitrogen and oxygen atoms in total. The van der Waals surface area contributed by atoms with Gasteiger partial charge in [-0.3, -0.25) is 10.3 Å². The Bertz CT molecular complexity index is 1360. The van der Waals surface area contributed by atoms with Gasteiger partial charge in [0.1, 0.15) is 12.1 Å². The number of hydroxylamine groups is 1. The molecule has 2 aromatic carbocycles. The minimum atomic E-state index is -4.90. The zero-order chi connectivity index (χ0) is 24.0. The van der Waals surface area contributed by atoms with Gasteiger partial charge in [-0.25, -0.2) is 4.68 Å². The number of rotatable bonds is 3. The van der Waals surface area contributed by atoms with Gasteiger partial charge < -0.3 is 0 Å². The second-order valence-corrected chi connectivity index (χ2v) is 8.07. The van der Waals surface area contributed by atoms with Crippen LogP contribution in [0.1, 0.15) is 22.3 Å². The topological polar surface area (TPSA) is 86.7 Å². The maximum absolute atomic E-state index is 14.2. The quantitative estimate of drug-likeness (QED) is 0.443. The maximum Gasteiger partial charge on any atom is 0.428 e. The highest BCUT2D eigenvalue weighted by molar-refractivity contribution is 6.48. The van der Waals surface area contributed by atoms with Crippen molar-refractivity contribution >= 4 is 40.5 Å². The van der Waals surface area contributed by atoms with E-state index in [-0.39, 0.29) is 43.0 Å². The van der Waals surface area contributed by atoms with Gasteiger partial charge in [-0.2, -0.15) is 28.8 Å². The Balaban J connectivity index is 1.81. The molecule has 12 heteroatoms. The molecule has 0 spiro atoms. The molecule has 33 heavy (non-hydrogen) atoms. The summed E-state index contributed by atoms with van der Waals surface area (Å²) in [6, 6.07) is 10.3. The van der Waals surface area contributed by atoms with E-state index in [1.165, 1.54) is 35.3 Å². The molecular formula is C21H9Cl3F3N5O. The summed E-state index contributed by atoms with van der Waals surface area (Å²) in [6.45, 7) is 0. The van der Waals surface area contributed by atoms with Crippen LogP contribution in [-0.4, -0.2) is 16.0 Å². The van der Waals surface area contributed by atoms with E-state index in [9.17, 15) is 18.4 Å². The second kappa shape index (κ2) is 8.29. The summed E-state index contributed by atoms with van der Waals surface area (Å²) in [6.07, 6.45) is -1.32. The largest absolute Gasteiger partial charge is 0.428 e. The van der Waals surface area contributed by atoms with E-state index >= 15 is 0 Å². The zero-order valence-electron chi connectivity index (χ0n) is 16.1. The van der Waals surface area contributed by atoms with Gasteiger partial charge >= 0.3 is 6.18 Å². The van der Waals surface area contributed by atoms with Gasteiger partial charge in [-0.1, -0.05) is 40.9 Å². The lowest BCUT2D eigenvalue weighted by molar-refractivity contribution is -0.269. The van der Waals surface area contributed by atoms with E-state index < -0.39 is 11.8 Å². The fourth-order valence-electron chi connectivity index (χ4n) is 3.26. The second-order valence-electron chi connectivity index (χ2n) is 6.88. The van der Waals surface area contributed by atoms with E-state index in [0.29, 0.717) is 5.69 Å². The molecule has 0 bridgehead atoms. The van der Waals surface area contributed by atoms with Gasteiger partial charge in [0.05, 0.1) is 43.8 Å². The van der Waals surface area contributed by atoms with Crippen molar-refractivity contribution < 1.29 is 18.0 Å². The lowest BCUT2D eigenvalue weighted by Gasteiger charge is -2.29. The van der Waals surface area contributed by atoms with Crippen molar-refractivity contribution in [2.45, 2.75) is 11.8 Å². The van der Waals surface area contributed by atoms with Crippen LogP contribution in [0, 0.1) is 22.7 Å². The molecule has 0 saturated carbocycles. The number of alkyl halides is 3. The van der Waals surface area contributed by atoms with E-state index in [1.54, 1.807) is 0 Å². The van der Waals surface area contributed by atoms with Crippen LogP contribution in [0.25, 0.3) is 11.4 Å². The SMILES string of the molecule is N#Cc1cnn(-c2ccc(C3=CC(c4cc(Cl)c(Cl)c(Cl)c4)(C(F)(F)F)ON3)cc2C#N)c1. The third-order valence-electron chi connectivity index (χ3n) is 4.89. The number of aromatic nitrogens is 2. The molecule has 1 aliphatic heterocycles. The predicted octanol–water partition coefficient (Wildman–Crippen LogP) is 5.91. The fraction of sp³-hybridized carbons (Fsp3) is 0.0952. The maximum atomic E-state index is 14.2. The molecule has 0 aliphatic carbocycles. The number of halogens is 6. The first kappa shape index (κ1) is 23.0. The summed E-state index contributed by atoms with van der Waals surface area (Å²) in [5.41, 5.74) is -0.0281. The van der Waals surface area contributed by atoms with Gasteiger partial charge in [0, 0.05) is 17.3 Å². The van der Waals surface area contributed by atoms with Crippen LogP contribution >= 0.6 is 34.8 Å². The molecule has 166 valence electrons. The van der Waals surface area contributed by atoms with E-state index in [0.717, 1.165) is 18.2 Å². The average Bonchev–Trinajstić information content (AvgIpc) is 3.44. The minimum absolute atomic E-state index is 0.0317. The molecule has 1 aliphatic rings. The number of hydrogen-bond donors (Lipinski definition) is 1. The van der Waals surface area contributed by atoms with Crippen molar-refractivity contribution in [1.29, 1.82) is 10.5 Å². The normalized spacial score (nSPS) is 17.8. The van der Waals surface area contributed by atoms with Gasteiger partial charge in [-0.05, 0) is 30.3 Å². The average molecular weight is 511 g/mol. The summed E-state index contributed by atoms with van der Waals surface area (Å²) in [4.78, 5) is 5.05. The summed E-state index contributed by atoms with van der Waals surface area (Å²) < 4.78 is 43.9. The number of nitriles is 2. The highest BCUT2D eigenvalue weighted by atomic mass is 35.5. The Hall–Kier alpha value is -3.21. The monoisotopic (exact) mass is 509 g/mol. The first-order valence-electron chi connectivity index (χ1n) is 8.98. The smallest absolute Gasteiger partial charge is 0.265 e. The number of benzene rings is 2. The molecule has 2 heterocycles. The zero-order valence-corrected chi connectivity index (χ0v) is 18.4. The van der Waals surface area contributed by atoms with Gasteiger partial charge in [0.25, 0.3) is 0 Å². The summed E-state index contributed by atoms with van der Waals surface area (Å²) in [7, 11) is 0. The van der Waals surface area contributed by atoms with Crippen molar-refractivity contribution in [2.75, 3.05) is 0 Å². The van der Waals surface area contributed by atoms with Crippen LogP contribution in [0.15, 0.2) is 48.8 Å². The highest BCUT2D eigenvalue weighted by Crippen LogP contribution is 2.49. The predicted molar refractivity (Wildman–Crippen MR) is 114 cm³/mol. The molecule has 1 unspecified atom stereocenters. The van der Waals surface area contributed by atoms with Crippen molar-refractivity contribution in [3.05, 3.63) is 86.1 Å². The van der Waals surface area contributed by atoms with Crippen LogP contribution in [0.4, 0.5) is 13.2 Å². The van der Waals surface area contributed by atoms with Crippen LogP contribution < -0.4 is 5.48 Å². The molecule has 0 amide bonds. The highest BCUT2D eigenvalue weighted by Gasteiger charge is 2.59. The molecule has 4 rings (SSSR count). The minimum Gasteiger partial charge on any atom is -0.265 e. The molecule has 1 N–H and O–H groups in total. The molecule has 0 radical (unpaired) electrons. The van der Waals surface area contributed by atoms with Crippen LogP contribution in [0.5, 0.6) is 0 Å².